The van der Waals surface area contributed by atoms with Gasteiger partial charge in [0.05, 0.1) is 18.2 Å². The summed E-state index contributed by atoms with van der Waals surface area (Å²) in [5, 5.41) is 12.0. The van der Waals surface area contributed by atoms with Crippen LogP contribution >= 0.6 is 0 Å². The summed E-state index contributed by atoms with van der Waals surface area (Å²) < 4.78 is 18.2. The predicted molar refractivity (Wildman–Crippen MR) is 75.3 cm³/mol. The number of H-pyrrole nitrogens is 1. The van der Waals surface area contributed by atoms with Crippen molar-refractivity contribution >= 4 is 16.9 Å². The molecule has 3 N–H and O–H groups in total. The lowest BCUT2D eigenvalue weighted by atomic mass is 10.2. The van der Waals surface area contributed by atoms with Crippen LogP contribution in [-0.4, -0.2) is 47.3 Å². The number of fused-ring (bicyclic) bond motifs is 1. The molecule has 0 bridgehead atoms. The van der Waals surface area contributed by atoms with E-state index in [1.165, 1.54) is 13.2 Å². The molecule has 7 heteroatoms. The molecule has 0 aliphatic carbocycles. The lowest BCUT2D eigenvalue weighted by molar-refractivity contribution is -0.121. The van der Waals surface area contributed by atoms with Gasteiger partial charge >= 0.3 is 0 Å². The van der Waals surface area contributed by atoms with Gasteiger partial charge in [-0.1, -0.05) is 6.07 Å². The van der Waals surface area contributed by atoms with E-state index in [0.29, 0.717) is 17.8 Å². The van der Waals surface area contributed by atoms with Crippen molar-refractivity contribution in [2.24, 2.45) is 0 Å². The fraction of sp³-hybridized carbons (Fsp3) is 0.429. The molecule has 2 aromatic rings. The number of aryl methyl sites for hydroxylation is 1. The second-order valence-corrected chi connectivity index (χ2v) is 4.73. The largest absolute Gasteiger partial charge is 0.389 e. The van der Waals surface area contributed by atoms with Crippen molar-refractivity contribution in [3.63, 3.8) is 0 Å². The summed E-state index contributed by atoms with van der Waals surface area (Å²) in [6, 6.07) is 4.68. The third-order valence-electron chi connectivity index (χ3n) is 3.00. The maximum Gasteiger partial charge on any atom is 0.220 e. The van der Waals surface area contributed by atoms with E-state index in [1.54, 1.807) is 12.1 Å². The van der Waals surface area contributed by atoms with E-state index in [9.17, 15) is 14.3 Å². The fourth-order valence-corrected chi connectivity index (χ4v) is 1.97. The molecule has 0 aliphatic rings. The lowest BCUT2D eigenvalue weighted by Gasteiger charge is -2.10. The number of benzene rings is 1. The molecule has 114 valence electrons. The minimum absolute atomic E-state index is 0.140. The number of halogens is 1. The van der Waals surface area contributed by atoms with E-state index >= 15 is 0 Å². The molecule has 0 spiro atoms. The Labute approximate surface area is 121 Å². The van der Waals surface area contributed by atoms with Crippen LogP contribution in [0.15, 0.2) is 18.2 Å². The van der Waals surface area contributed by atoms with Crippen molar-refractivity contribution in [1.82, 2.24) is 15.3 Å². The van der Waals surface area contributed by atoms with Crippen LogP contribution in [-0.2, 0) is 16.0 Å². The van der Waals surface area contributed by atoms with Gasteiger partial charge < -0.3 is 20.1 Å². The van der Waals surface area contributed by atoms with Gasteiger partial charge in [-0.05, 0) is 12.1 Å². The Balaban J connectivity index is 1.84. The van der Waals surface area contributed by atoms with Crippen LogP contribution in [0.1, 0.15) is 12.2 Å². The molecule has 1 amide bonds. The first-order chi connectivity index (χ1) is 10.1. The quantitative estimate of drug-likeness (QED) is 0.704. The van der Waals surface area contributed by atoms with E-state index in [2.05, 4.69) is 15.3 Å². The average molecular weight is 295 g/mol. The molecule has 2 rings (SSSR count). The molecule has 0 saturated carbocycles. The third-order valence-corrected chi connectivity index (χ3v) is 3.00. The van der Waals surface area contributed by atoms with Gasteiger partial charge in [-0.2, -0.15) is 0 Å². The summed E-state index contributed by atoms with van der Waals surface area (Å²) in [6.45, 7) is 0.310. The molecule has 21 heavy (non-hydrogen) atoms. The highest BCUT2D eigenvalue weighted by Crippen LogP contribution is 2.15. The summed E-state index contributed by atoms with van der Waals surface area (Å²) in [5.41, 5.74) is 0.893. The second-order valence-electron chi connectivity index (χ2n) is 4.73. The number of hydrogen-bond acceptors (Lipinski definition) is 4. The number of para-hydroxylation sites is 1. The maximum atomic E-state index is 13.5. The Morgan fingerprint density at radius 3 is 3.10 bits per heavy atom. The Bertz CT molecular complexity index is 615. The van der Waals surface area contributed by atoms with Gasteiger partial charge in [0, 0.05) is 26.5 Å². The Morgan fingerprint density at radius 1 is 1.57 bits per heavy atom. The molecule has 6 nitrogen and oxygen atoms in total. The molecular formula is C14H18FN3O3. The predicted octanol–water partition coefficient (Wildman–Crippen LogP) is 0.758. The summed E-state index contributed by atoms with van der Waals surface area (Å²) in [5.74, 6) is -0.0316. The number of nitrogens with zero attached hydrogens (tertiary/aromatic N) is 1. The number of methoxy groups -OCH3 is 1. The molecule has 1 unspecified atom stereocenters. The highest BCUT2D eigenvalue weighted by atomic mass is 19.1. The van der Waals surface area contributed by atoms with Gasteiger partial charge in [0.2, 0.25) is 5.91 Å². The number of hydrogen-bond donors (Lipinski definition) is 3. The van der Waals surface area contributed by atoms with E-state index < -0.39 is 6.10 Å². The number of aliphatic hydroxyl groups is 1. The van der Waals surface area contributed by atoms with Gasteiger partial charge in [-0.3, -0.25) is 4.79 Å². The van der Waals surface area contributed by atoms with E-state index in [4.69, 9.17) is 4.74 Å². The van der Waals surface area contributed by atoms with Crippen LogP contribution in [0.25, 0.3) is 11.0 Å². The third kappa shape index (κ3) is 4.24. The summed E-state index contributed by atoms with van der Waals surface area (Å²) in [6.07, 6.45) is -0.138. The zero-order chi connectivity index (χ0) is 15.2. The summed E-state index contributed by atoms with van der Waals surface area (Å²) >= 11 is 0. The molecule has 0 fully saturated rings. The lowest BCUT2D eigenvalue weighted by Crippen LogP contribution is -2.34. The van der Waals surface area contributed by atoms with Crippen LogP contribution < -0.4 is 5.32 Å². The number of amides is 1. The zero-order valence-electron chi connectivity index (χ0n) is 11.7. The van der Waals surface area contributed by atoms with E-state index in [-0.39, 0.29) is 36.8 Å². The number of carbonyl (C=O) groups is 1. The monoisotopic (exact) mass is 295 g/mol. The van der Waals surface area contributed by atoms with E-state index in [0.717, 1.165) is 0 Å². The van der Waals surface area contributed by atoms with E-state index in [1.807, 2.05) is 0 Å². The van der Waals surface area contributed by atoms with Crippen molar-refractivity contribution < 1.29 is 19.0 Å². The number of imidazole rings is 1. The van der Waals surface area contributed by atoms with Crippen molar-refractivity contribution in [3.8, 4) is 0 Å². The van der Waals surface area contributed by atoms with Crippen molar-refractivity contribution in [3.05, 3.63) is 29.8 Å². The van der Waals surface area contributed by atoms with Crippen LogP contribution in [0, 0.1) is 5.82 Å². The molecule has 0 radical (unpaired) electrons. The standard InChI is InChI=1S/C14H18FN3O3/c1-21-8-9(19)7-16-13(20)6-5-12-17-11-4-2-3-10(15)14(11)18-12/h2-4,9,19H,5-8H2,1H3,(H,16,20)(H,17,18). The summed E-state index contributed by atoms with van der Waals surface area (Å²) in [7, 11) is 1.48. The number of nitrogens with one attached hydrogen (secondary N) is 2. The normalized spacial score (nSPS) is 12.5. The van der Waals surface area contributed by atoms with Crippen LogP contribution in [0.5, 0.6) is 0 Å². The van der Waals surface area contributed by atoms with Crippen molar-refractivity contribution in [1.29, 1.82) is 0 Å². The van der Waals surface area contributed by atoms with Crippen LogP contribution in [0.2, 0.25) is 0 Å². The molecule has 0 saturated heterocycles. The molecule has 1 atom stereocenters. The minimum Gasteiger partial charge on any atom is -0.389 e. The van der Waals surface area contributed by atoms with Crippen LogP contribution in [0.3, 0.4) is 0 Å². The Kier molecular flexibility index (Phi) is 5.24. The highest BCUT2D eigenvalue weighted by molar-refractivity contribution is 5.77. The summed E-state index contributed by atoms with van der Waals surface area (Å²) in [4.78, 5) is 18.7. The van der Waals surface area contributed by atoms with Gasteiger partial charge in [0.25, 0.3) is 0 Å². The van der Waals surface area contributed by atoms with Crippen molar-refractivity contribution in [2.75, 3.05) is 20.3 Å². The van der Waals surface area contributed by atoms with Crippen molar-refractivity contribution in [2.45, 2.75) is 18.9 Å². The van der Waals surface area contributed by atoms with Crippen LogP contribution in [0.4, 0.5) is 4.39 Å². The molecule has 0 aliphatic heterocycles. The van der Waals surface area contributed by atoms with Gasteiger partial charge in [-0.15, -0.1) is 0 Å². The Hall–Kier alpha value is -1.99. The number of aliphatic hydroxyl groups excluding tert-OH is 1. The van der Waals surface area contributed by atoms with Gasteiger partial charge in [0.15, 0.2) is 5.82 Å². The SMILES string of the molecule is COCC(O)CNC(=O)CCc1nc2c(F)cccc2[nH]1. The number of ether oxygens (including phenoxy) is 1. The topological polar surface area (TPSA) is 87.2 Å². The second kappa shape index (κ2) is 7.14. The maximum absolute atomic E-state index is 13.5. The first kappa shape index (κ1) is 15.4. The highest BCUT2D eigenvalue weighted by Gasteiger charge is 2.10. The molecular weight excluding hydrogens is 277 g/mol. The van der Waals surface area contributed by atoms with Gasteiger partial charge in [-0.25, -0.2) is 9.37 Å². The average Bonchev–Trinajstić information content (AvgIpc) is 2.88. The minimum atomic E-state index is -0.723. The smallest absolute Gasteiger partial charge is 0.220 e. The molecule has 1 aromatic heterocycles. The first-order valence-corrected chi connectivity index (χ1v) is 6.67. The fourth-order valence-electron chi connectivity index (χ4n) is 1.97. The Morgan fingerprint density at radius 2 is 2.38 bits per heavy atom. The number of rotatable bonds is 7. The molecule has 1 heterocycles. The zero-order valence-corrected chi connectivity index (χ0v) is 11.7. The number of aromatic amines is 1. The number of aromatic nitrogens is 2. The molecule has 1 aromatic carbocycles. The first-order valence-electron chi connectivity index (χ1n) is 6.67. The van der Waals surface area contributed by atoms with Gasteiger partial charge in [0.1, 0.15) is 11.3 Å². The number of carbonyl (C=O) groups excluding carboxylic acids is 1.